The van der Waals surface area contributed by atoms with Gasteiger partial charge in [-0.25, -0.2) is 0 Å². The van der Waals surface area contributed by atoms with Gasteiger partial charge in [-0.2, -0.15) is 0 Å². The number of fused-ring (bicyclic) bond motifs is 13. The molecule has 12 aromatic rings. The van der Waals surface area contributed by atoms with Gasteiger partial charge in [-0.15, -0.1) is 0 Å². The van der Waals surface area contributed by atoms with E-state index in [0.717, 1.165) is 102 Å². The third-order valence-electron chi connectivity index (χ3n) is 14.4. The molecule has 308 valence electrons. The van der Waals surface area contributed by atoms with Crippen LogP contribution in [0, 0.1) is 0 Å². The molecule has 3 aliphatic rings. The molecule has 5 heterocycles. The average molecular weight is 844 g/mol. The fourth-order valence-corrected chi connectivity index (χ4v) is 11.6. The number of para-hydroxylation sites is 5. The molecule has 0 N–H and O–H groups in total. The number of benzene rings is 9. The lowest BCUT2D eigenvalue weighted by molar-refractivity contribution is 0.465. The quantitative estimate of drug-likeness (QED) is 0.165. The van der Waals surface area contributed by atoms with Crippen molar-refractivity contribution in [2.75, 3.05) is 0 Å². The van der Waals surface area contributed by atoms with Gasteiger partial charge in [0, 0.05) is 67.3 Å². The van der Waals surface area contributed by atoms with Crippen molar-refractivity contribution in [3.8, 4) is 51.2 Å². The molecular weight excluding hydrogens is 805 g/mol. The standard InChI is InChI=1S/C60H38BN3O2/c1-3-15-39(16-4-1)63-52-25-13-9-21-44(52)46-33-48-56(35-54(46)63)65-58-31-38(37-27-29-41(30-28-37)62-50-23-11-7-19-42(50)43-20-8-12-24-51(43)62)32-59-60(58)61(48)49-34-47-45-22-10-14-26-53(45)64(40-17-5-2-6-18-40)55(47)36-57(49)66-59/h1-7,9-19,21-36H,8,20H2. The summed E-state index contributed by atoms with van der Waals surface area (Å²) in [4.78, 5) is 0. The van der Waals surface area contributed by atoms with E-state index >= 15 is 0 Å². The fraction of sp³-hybridized carbons (Fsp3) is 0.0333. The molecule has 0 saturated heterocycles. The minimum atomic E-state index is -0.133. The summed E-state index contributed by atoms with van der Waals surface area (Å²) in [5, 5.41) is 6.15. The molecule has 0 atom stereocenters. The Hall–Kier alpha value is -8.48. The van der Waals surface area contributed by atoms with Gasteiger partial charge >= 0.3 is 0 Å². The van der Waals surface area contributed by atoms with Gasteiger partial charge in [0.05, 0.1) is 27.6 Å². The highest BCUT2D eigenvalue weighted by Crippen LogP contribution is 2.44. The maximum atomic E-state index is 7.20. The molecule has 9 aromatic carbocycles. The molecule has 0 unspecified atom stereocenters. The second-order valence-corrected chi connectivity index (χ2v) is 17.9. The number of hydrogen-bond acceptors (Lipinski definition) is 2. The Bertz CT molecular complexity index is 3860. The second-order valence-electron chi connectivity index (χ2n) is 17.9. The number of rotatable bonds is 4. The Morgan fingerprint density at radius 3 is 1.42 bits per heavy atom. The Kier molecular flexibility index (Phi) is 7.36. The highest BCUT2D eigenvalue weighted by atomic mass is 16.5. The number of nitrogens with zero attached hydrogens (tertiary/aromatic N) is 3. The largest absolute Gasteiger partial charge is 0.458 e. The first kappa shape index (κ1) is 35.9. The van der Waals surface area contributed by atoms with Crippen molar-refractivity contribution < 1.29 is 9.47 Å². The van der Waals surface area contributed by atoms with Crippen LogP contribution in [0.25, 0.3) is 88.8 Å². The van der Waals surface area contributed by atoms with Gasteiger partial charge in [0.1, 0.15) is 23.0 Å². The van der Waals surface area contributed by atoms with Crippen LogP contribution in [0.4, 0.5) is 0 Å². The summed E-state index contributed by atoms with van der Waals surface area (Å²) in [6, 6.07) is 70.4. The van der Waals surface area contributed by atoms with Crippen LogP contribution in [-0.4, -0.2) is 20.4 Å². The van der Waals surface area contributed by atoms with Crippen molar-refractivity contribution in [2.24, 2.45) is 0 Å². The van der Waals surface area contributed by atoms with Crippen molar-refractivity contribution >= 4 is 83.7 Å². The minimum absolute atomic E-state index is 0.133. The smallest absolute Gasteiger partial charge is 0.260 e. The molecule has 15 rings (SSSR count). The molecule has 0 saturated carbocycles. The lowest BCUT2D eigenvalue weighted by Gasteiger charge is -2.33. The second kappa shape index (κ2) is 13.5. The molecule has 66 heavy (non-hydrogen) atoms. The van der Waals surface area contributed by atoms with E-state index in [9.17, 15) is 0 Å². The number of allylic oxidation sites excluding steroid dienone is 1. The van der Waals surface area contributed by atoms with E-state index in [0.29, 0.717) is 0 Å². The monoisotopic (exact) mass is 843 g/mol. The van der Waals surface area contributed by atoms with Crippen LogP contribution in [-0.2, 0) is 6.42 Å². The summed E-state index contributed by atoms with van der Waals surface area (Å²) in [5.74, 6) is 3.35. The molecule has 0 fully saturated rings. The lowest BCUT2D eigenvalue weighted by Crippen LogP contribution is -2.57. The van der Waals surface area contributed by atoms with E-state index in [1.54, 1.807) is 0 Å². The van der Waals surface area contributed by atoms with Gasteiger partial charge in [-0.05, 0) is 113 Å². The van der Waals surface area contributed by atoms with Crippen LogP contribution in [0.2, 0.25) is 0 Å². The average Bonchev–Trinajstić information content (AvgIpc) is 4.00. The summed E-state index contributed by atoms with van der Waals surface area (Å²) in [7, 11) is 0. The van der Waals surface area contributed by atoms with Crippen LogP contribution >= 0.6 is 0 Å². The van der Waals surface area contributed by atoms with E-state index in [1.165, 1.54) is 43.7 Å². The van der Waals surface area contributed by atoms with Gasteiger partial charge in [0.15, 0.2) is 0 Å². The van der Waals surface area contributed by atoms with Gasteiger partial charge < -0.3 is 23.2 Å². The highest BCUT2D eigenvalue weighted by Gasteiger charge is 2.42. The van der Waals surface area contributed by atoms with Crippen LogP contribution in [0.1, 0.15) is 17.7 Å². The van der Waals surface area contributed by atoms with E-state index < -0.39 is 0 Å². The van der Waals surface area contributed by atoms with Crippen molar-refractivity contribution in [3.05, 3.63) is 211 Å². The van der Waals surface area contributed by atoms with E-state index in [-0.39, 0.29) is 6.71 Å². The summed E-state index contributed by atoms with van der Waals surface area (Å²) >= 11 is 0. The van der Waals surface area contributed by atoms with Crippen LogP contribution in [0.5, 0.6) is 23.0 Å². The van der Waals surface area contributed by atoms with Crippen LogP contribution < -0.4 is 25.9 Å². The summed E-state index contributed by atoms with van der Waals surface area (Å²) in [6.07, 6.45) is 6.72. The predicted molar refractivity (Wildman–Crippen MR) is 272 cm³/mol. The first-order chi connectivity index (χ1) is 32.7. The maximum Gasteiger partial charge on any atom is 0.260 e. The number of aryl methyl sites for hydroxylation is 1. The van der Waals surface area contributed by atoms with Crippen molar-refractivity contribution in [1.29, 1.82) is 0 Å². The third-order valence-corrected chi connectivity index (χ3v) is 14.4. The summed E-state index contributed by atoms with van der Waals surface area (Å²) in [5.41, 5.74) is 17.3. The molecule has 0 amide bonds. The Labute approximate surface area is 380 Å². The Balaban J connectivity index is 0.956. The Morgan fingerprint density at radius 2 is 0.864 bits per heavy atom. The van der Waals surface area contributed by atoms with Gasteiger partial charge in [0.2, 0.25) is 0 Å². The lowest BCUT2D eigenvalue weighted by atomic mass is 9.34. The van der Waals surface area contributed by atoms with Crippen molar-refractivity contribution in [2.45, 2.75) is 12.8 Å². The van der Waals surface area contributed by atoms with Crippen LogP contribution in [0.3, 0.4) is 0 Å². The van der Waals surface area contributed by atoms with Crippen LogP contribution in [0.15, 0.2) is 200 Å². The summed E-state index contributed by atoms with van der Waals surface area (Å²) < 4.78 is 21.6. The van der Waals surface area contributed by atoms with E-state index in [4.69, 9.17) is 9.47 Å². The fourth-order valence-electron chi connectivity index (χ4n) is 11.6. The topological polar surface area (TPSA) is 33.2 Å². The molecule has 0 spiro atoms. The Morgan fingerprint density at radius 1 is 0.379 bits per heavy atom. The molecule has 5 nitrogen and oxygen atoms in total. The number of ether oxygens (including phenoxy) is 2. The van der Waals surface area contributed by atoms with Gasteiger partial charge in [0.25, 0.3) is 6.71 Å². The zero-order chi connectivity index (χ0) is 43.0. The molecule has 1 aliphatic carbocycles. The molecule has 0 bridgehead atoms. The first-order valence-electron chi connectivity index (χ1n) is 22.9. The highest BCUT2D eigenvalue weighted by molar-refractivity contribution is 6.98. The van der Waals surface area contributed by atoms with Gasteiger partial charge in [-0.1, -0.05) is 121 Å². The normalized spacial score (nSPS) is 13.5. The molecular formula is C60H38BN3O2. The molecule has 0 radical (unpaired) electrons. The minimum Gasteiger partial charge on any atom is -0.458 e. The summed E-state index contributed by atoms with van der Waals surface area (Å²) in [6.45, 7) is -0.133. The zero-order valence-electron chi connectivity index (χ0n) is 35.8. The maximum absolute atomic E-state index is 7.20. The molecule has 2 aliphatic heterocycles. The van der Waals surface area contributed by atoms with Crippen molar-refractivity contribution in [1.82, 2.24) is 13.7 Å². The van der Waals surface area contributed by atoms with Crippen molar-refractivity contribution in [3.63, 3.8) is 0 Å². The third kappa shape index (κ3) is 5.01. The van der Waals surface area contributed by atoms with Gasteiger partial charge in [-0.3, -0.25) is 0 Å². The molecule has 6 heteroatoms. The first-order valence-corrected chi connectivity index (χ1v) is 22.9. The van der Waals surface area contributed by atoms with E-state index in [2.05, 4.69) is 220 Å². The molecule has 3 aromatic heterocycles. The SMILES string of the molecule is C1=Cc2c(c3ccccc3n2-c2ccc(-c3cc4c5c(c3)Oc3cc6c(cc3B5c3cc5c7ccccc7n(-c7ccccc7)c5cc3O4)c3ccccc3n6-c3ccccc3)cc2)CC1. The zero-order valence-corrected chi connectivity index (χ0v) is 35.8. The number of hydrogen-bond donors (Lipinski definition) is 0. The van der Waals surface area contributed by atoms with E-state index in [1.807, 2.05) is 0 Å². The predicted octanol–water partition coefficient (Wildman–Crippen LogP) is 13.2. The number of aromatic nitrogens is 3.